The second kappa shape index (κ2) is 7.92. The Bertz CT molecular complexity index is 398. The summed E-state index contributed by atoms with van der Waals surface area (Å²) in [7, 11) is 1.39. The van der Waals surface area contributed by atoms with E-state index in [0.717, 1.165) is 19.3 Å². The standard InChI is InChI=1S/C16H30N2O4/c1-5-22-12-11-16(17,15(12,2)3)14(20)18-10-8-6-7-9-13(19)21-4/h12H,5-11,17H2,1-4H3,(H,18,20). The topological polar surface area (TPSA) is 90.6 Å². The molecule has 0 radical (unpaired) electrons. The Hall–Kier alpha value is -1.14. The number of nitrogens with one attached hydrogen (secondary N) is 1. The van der Waals surface area contributed by atoms with E-state index in [4.69, 9.17) is 10.5 Å². The van der Waals surface area contributed by atoms with Crippen LogP contribution in [0.1, 0.15) is 52.9 Å². The summed E-state index contributed by atoms with van der Waals surface area (Å²) in [6, 6.07) is 0. The molecule has 1 aliphatic carbocycles. The molecule has 0 aliphatic heterocycles. The fraction of sp³-hybridized carbons (Fsp3) is 0.875. The van der Waals surface area contributed by atoms with Crippen molar-refractivity contribution >= 4 is 11.9 Å². The predicted octanol–water partition coefficient (Wildman–Crippen LogP) is 1.37. The normalized spacial score (nSPS) is 26.1. The van der Waals surface area contributed by atoms with Crippen molar-refractivity contribution in [1.29, 1.82) is 0 Å². The molecule has 128 valence electrons. The monoisotopic (exact) mass is 314 g/mol. The van der Waals surface area contributed by atoms with E-state index in [9.17, 15) is 9.59 Å². The number of hydrogen-bond acceptors (Lipinski definition) is 5. The molecule has 0 saturated heterocycles. The highest BCUT2D eigenvalue weighted by Gasteiger charge is 2.62. The van der Waals surface area contributed by atoms with E-state index in [1.807, 2.05) is 20.8 Å². The van der Waals surface area contributed by atoms with Crippen LogP contribution in [0, 0.1) is 5.41 Å². The molecule has 1 amide bonds. The summed E-state index contributed by atoms with van der Waals surface area (Å²) in [5.41, 5.74) is 5.06. The highest BCUT2D eigenvalue weighted by Crippen LogP contribution is 2.49. The molecule has 0 heterocycles. The van der Waals surface area contributed by atoms with Gasteiger partial charge in [-0.15, -0.1) is 0 Å². The largest absolute Gasteiger partial charge is 0.469 e. The Labute approximate surface area is 133 Å². The van der Waals surface area contributed by atoms with Crippen LogP contribution in [-0.2, 0) is 19.1 Å². The van der Waals surface area contributed by atoms with Crippen LogP contribution in [-0.4, -0.2) is 43.8 Å². The van der Waals surface area contributed by atoms with Gasteiger partial charge in [0.25, 0.3) is 0 Å². The molecule has 2 atom stereocenters. The van der Waals surface area contributed by atoms with Gasteiger partial charge in [-0.2, -0.15) is 0 Å². The minimum absolute atomic E-state index is 0.0355. The smallest absolute Gasteiger partial charge is 0.305 e. The number of ether oxygens (including phenoxy) is 2. The van der Waals surface area contributed by atoms with Gasteiger partial charge in [-0.25, -0.2) is 0 Å². The molecule has 1 fully saturated rings. The summed E-state index contributed by atoms with van der Waals surface area (Å²) in [4.78, 5) is 23.3. The third kappa shape index (κ3) is 3.98. The van der Waals surface area contributed by atoms with Gasteiger partial charge in [-0.05, 0) is 19.8 Å². The van der Waals surface area contributed by atoms with E-state index in [2.05, 4.69) is 10.1 Å². The second-order valence-electron chi connectivity index (χ2n) is 6.48. The van der Waals surface area contributed by atoms with E-state index in [1.165, 1.54) is 7.11 Å². The van der Waals surface area contributed by atoms with Crippen molar-refractivity contribution < 1.29 is 19.1 Å². The summed E-state index contributed by atoms with van der Waals surface area (Å²) in [5.74, 6) is -0.301. The van der Waals surface area contributed by atoms with Gasteiger partial charge in [0.1, 0.15) is 5.54 Å². The number of amides is 1. The zero-order valence-corrected chi connectivity index (χ0v) is 14.2. The first kappa shape index (κ1) is 18.9. The summed E-state index contributed by atoms with van der Waals surface area (Å²) in [6.07, 6.45) is 3.49. The van der Waals surface area contributed by atoms with E-state index >= 15 is 0 Å². The number of methoxy groups -OCH3 is 1. The first-order valence-corrected chi connectivity index (χ1v) is 8.05. The quantitative estimate of drug-likeness (QED) is 0.495. The Morgan fingerprint density at radius 1 is 1.27 bits per heavy atom. The van der Waals surface area contributed by atoms with Crippen molar-refractivity contribution in [2.75, 3.05) is 20.3 Å². The van der Waals surface area contributed by atoms with Gasteiger partial charge in [0.2, 0.25) is 5.91 Å². The maximum atomic E-state index is 12.3. The van der Waals surface area contributed by atoms with Gasteiger partial charge in [0, 0.05) is 31.4 Å². The number of unbranched alkanes of at least 4 members (excludes halogenated alkanes) is 2. The lowest BCUT2D eigenvalue weighted by molar-refractivity contribution is -0.170. The van der Waals surface area contributed by atoms with E-state index < -0.39 is 5.54 Å². The number of rotatable bonds is 9. The zero-order valence-electron chi connectivity index (χ0n) is 14.2. The van der Waals surface area contributed by atoms with Gasteiger partial charge in [0.05, 0.1) is 13.2 Å². The van der Waals surface area contributed by atoms with E-state index in [1.54, 1.807) is 0 Å². The fourth-order valence-corrected chi connectivity index (χ4v) is 2.85. The third-order valence-corrected chi connectivity index (χ3v) is 4.81. The average molecular weight is 314 g/mol. The molecule has 2 unspecified atom stereocenters. The maximum Gasteiger partial charge on any atom is 0.305 e. The average Bonchev–Trinajstić information content (AvgIpc) is 2.49. The van der Waals surface area contributed by atoms with Crippen LogP contribution in [0.5, 0.6) is 0 Å². The Balaban J connectivity index is 2.27. The lowest BCUT2D eigenvalue weighted by Crippen LogP contribution is -2.75. The van der Waals surface area contributed by atoms with Crippen LogP contribution in [0.4, 0.5) is 0 Å². The fourth-order valence-electron chi connectivity index (χ4n) is 2.85. The van der Waals surface area contributed by atoms with Crippen LogP contribution < -0.4 is 11.1 Å². The van der Waals surface area contributed by atoms with Gasteiger partial charge in [-0.1, -0.05) is 20.3 Å². The van der Waals surface area contributed by atoms with E-state index in [0.29, 0.717) is 26.0 Å². The number of carbonyl (C=O) groups is 2. The Morgan fingerprint density at radius 2 is 1.95 bits per heavy atom. The number of nitrogens with two attached hydrogens (primary N) is 1. The van der Waals surface area contributed by atoms with Gasteiger partial charge < -0.3 is 20.5 Å². The Kier molecular flexibility index (Phi) is 6.81. The molecule has 0 aromatic heterocycles. The molecule has 6 heteroatoms. The lowest BCUT2D eigenvalue weighted by atomic mass is 9.54. The molecular weight excluding hydrogens is 284 g/mol. The van der Waals surface area contributed by atoms with Crippen molar-refractivity contribution in [3.63, 3.8) is 0 Å². The van der Waals surface area contributed by atoms with Crippen LogP contribution in [0.15, 0.2) is 0 Å². The van der Waals surface area contributed by atoms with Crippen LogP contribution in [0.2, 0.25) is 0 Å². The Morgan fingerprint density at radius 3 is 2.50 bits per heavy atom. The highest BCUT2D eigenvalue weighted by atomic mass is 16.5. The molecule has 0 aromatic carbocycles. The summed E-state index contributed by atoms with van der Waals surface area (Å²) in [5, 5.41) is 2.91. The first-order chi connectivity index (χ1) is 10.3. The van der Waals surface area contributed by atoms with Crippen molar-refractivity contribution in [3.8, 4) is 0 Å². The zero-order chi connectivity index (χ0) is 16.8. The molecule has 6 nitrogen and oxygen atoms in total. The molecule has 1 aliphatic rings. The maximum absolute atomic E-state index is 12.3. The second-order valence-corrected chi connectivity index (χ2v) is 6.48. The molecule has 1 saturated carbocycles. The molecule has 0 spiro atoms. The molecule has 3 N–H and O–H groups in total. The molecule has 1 rings (SSSR count). The number of carbonyl (C=O) groups excluding carboxylic acids is 2. The number of esters is 1. The van der Waals surface area contributed by atoms with Crippen molar-refractivity contribution in [2.24, 2.45) is 11.1 Å². The van der Waals surface area contributed by atoms with E-state index in [-0.39, 0.29) is 23.4 Å². The van der Waals surface area contributed by atoms with Gasteiger partial charge in [-0.3, -0.25) is 9.59 Å². The molecule has 22 heavy (non-hydrogen) atoms. The molecule has 0 bridgehead atoms. The predicted molar refractivity (Wildman–Crippen MR) is 84.2 cm³/mol. The highest BCUT2D eigenvalue weighted by molar-refractivity contribution is 5.88. The van der Waals surface area contributed by atoms with Crippen LogP contribution >= 0.6 is 0 Å². The van der Waals surface area contributed by atoms with Crippen molar-refractivity contribution in [2.45, 2.75) is 64.5 Å². The van der Waals surface area contributed by atoms with Crippen molar-refractivity contribution in [3.05, 3.63) is 0 Å². The summed E-state index contributed by atoms with van der Waals surface area (Å²) < 4.78 is 10.2. The third-order valence-electron chi connectivity index (χ3n) is 4.81. The molecule has 0 aromatic rings. The van der Waals surface area contributed by atoms with Crippen LogP contribution in [0.3, 0.4) is 0 Å². The van der Waals surface area contributed by atoms with Crippen LogP contribution in [0.25, 0.3) is 0 Å². The minimum Gasteiger partial charge on any atom is -0.469 e. The minimum atomic E-state index is -0.862. The van der Waals surface area contributed by atoms with Gasteiger partial charge >= 0.3 is 5.97 Å². The summed E-state index contributed by atoms with van der Waals surface area (Å²) >= 11 is 0. The molecular formula is C16H30N2O4. The van der Waals surface area contributed by atoms with Gasteiger partial charge in [0.15, 0.2) is 0 Å². The lowest BCUT2D eigenvalue weighted by Gasteiger charge is -2.57. The SMILES string of the molecule is CCOC1CC(N)(C(=O)NCCCCCC(=O)OC)C1(C)C. The first-order valence-electron chi connectivity index (χ1n) is 8.05. The van der Waals surface area contributed by atoms with Crippen molar-refractivity contribution in [1.82, 2.24) is 5.32 Å². The number of hydrogen-bond donors (Lipinski definition) is 2. The summed E-state index contributed by atoms with van der Waals surface area (Å²) in [6.45, 7) is 7.11.